The summed E-state index contributed by atoms with van der Waals surface area (Å²) in [6.07, 6.45) is 1.49. The minimum Gasteiger partial charge on any atom is -0.496 e. The van der Waals surface area contributed by atoms with E-state index >= 15 is 0 Å². The molecular weight excluding hydrogens is 429 g/mol. The first-order valence-electron chi connectivity index (χ1n) is 10.1. The molecule has 2 saturated heterocycles. The van der Waals surface area contributed by atoms with Gasteiger partial charge in [-0.15, -0.1) is 0 Å². The minimum atomic E-state index is -1.25. The average Bonchev–Trinajstić information content (AvgIpc) is 3.01. The molecule has 0 aromatic heterocycles. The molecule has 0 bridgehead atoms. The predicted octanol–water partition coefficient (Wildman–Crippen LogP) is 2.44. The van der Waals surface area contributed by atoms with E-state index in [0.29, 0.717) is 31.7 Å². The normalized spacial score (nSPS) is 22.8. The van der Waals surface area contributed by atoms with Gasteiger partial charge in [0.05, 0.1) is 18.7 Å². The number of ether oxygens (including phenoxy) is 2. The lowest BCUT2D eigenvalue weighted by Gasteiger charge is -2.36. The predicted molar refractivity (Wildman–Crippen MR) is 112 cm³/mol. The number of hydrogen-bond acceptors (Lipinski definition) is 5. The van der Waals surface area contributed by atoms with Crippen LogP contribution in [0.4, 0.5) is 9.18 Å². The summed E-state index contributed by atoms with van der Waals surface area (Å²) in [6, 6.07) is 2.29. The van der Waals surface area contributed by atoms with Crippen molar-refractivity contribution < 1.29 is 28.2 Å². The van der Waals surface area contributed by atoms with Gasteiger partial charge in [-0.2, -0.15) is 0 Å². The summed E-state index contributed by atoms with van der Waals surface area (Å²) >= 11 is 5.96. The third-order valence-corrected chi connectivity index (χ3v) is 6.29. The quantitative estimate of drug-likeness (QED) is 0.615. The summed E-state index contributed by atoms with van der Waals surface area (Å²) in [5.74, 6) is -1.07. The molecule has 1 aromatic carbocycles. The van der Waals surface area contributed by atoms with Crippen molar-refractivity contribution >= 4 is 29.4 Å². The molecule has 0 aliphatic carbocycles. The zero-order valence-corrected chi connectivity index (χ0v) is 18.6. The highest BCUT2D eigenvalue weighted by atomic mass is 35.5. The first-order chi connectivity index (χ1) is 14.7. The van der Waals surface area contributed by atoms with Crippen molar-refractivity contribution in [3.63, 3.8) is 0 Å². The monoisotopic (exact) mass is 455 g/mol. The maximum Gasteiger partial charge on any atom is 0.322 e. The van der Waals surface area contributed by atoms with Crippen molar-refractivity contribution in [1.82, 2.24) is 15.5 Å². The highest BCUT2D eigenvalue weighted by Crippen LogP contribution is 2.37. The van der Waals surface area contributed by atoms with Crippen LogP contribution in [-0.4, -0.2) is 62.2 Å². The number of carbonyl (C=O) groups is 3. The highest BCUT2D eigenvalue weighted by Gasteiger charge is 2.48. The van der Waals surface area contributed by atoms with Crippen LogP contribution < -0.4 is 15.4 Å². The standard InChI is InChI=1S/C21H27ClFN3O5/c1-12(10-21(11-30-2)19(28)24-20(29)25-21)18(27)26-6-4-13(5-7-26)14-8-15(22)16(23)9-17(14)31-3/h8-9,12-13H,4-7,10-11H2,1-3H3,(H2,24,25,28,29)/t12?,21-/m0/s1. The van der Waals surface area contributed by atoms with Gasteiger partial charge in [0, 0.05) is 32.2 Å². The van der Waals surface area contributed by atoms with E-state index in [1.165, 1.54) is 20.3 Å². The van der Waals surface area contributed by atoms with Gasteiger partial charge >= 0.3 is 6.03 Å². The number of halogens is 2. The van der Waals surface area contributed by atoms with Gasteiger partial charge in [-0.25, -0.2) is 9.18 Å². The Morgan fingerprint density at radius 3 is 2.55 bits per heavy atom. The number of benzene rings is 1. The lowest BCUT2D eigenvalue weighted by Crippen LogP contribution is -2.53. The molecule has 2 aliphatic rings. The summed E-state index contributed by atoms with van der Waals surface area (Å²) in [4.78, 5) is 38.7. The minimum absolute atomic E-state index is 0.0185. The lowest BCUT2D eigenvalue weighted by atomic mass is 9.86. The van der Waals surface area contributed by atoms with Gasteiger partial charge < -0.3 is 19.7 Å². The van der Waals surface area contributed by atoms with Gasteiger partial charge in [0.1, 0.15) is 17.1 Å². The van der Waals surface area contributed by atoms with E-state index in [1.807, 2.05) is 0 Å². The average molecular weight is 456 g/mol. The Morgan fingerprint density at radius 2 is 2.00 bits per heavy atom. The number of hydrogen-bond donors (Lipinski definition) is 2. The Morgan fingerprint density at radius 1 is 1.32 bits per heavy atom. The fourth-order valence-corrected chi connectivity index (χ4v) is 4.62. The summed E-state index contributed by atoms with van der Waals surface area (Å²) in [6.45, 7) is 2.76. The molecule has 170 valence electrons. The van der Waals surface area contributed by atoms with Gasteiger partial charge in [0.25, 0.3) is 5.91 Å². The van der Waals surface area contributed by atoms with Crippen LogP contribution in [0.25, 0.3) is 0 Å². The fraction of sp³-hybridized carbons (Fsp3) is 0.571. The van der Waals surface area contributed by atoms with Crippen molar-refractivity contribution in [2.75, 3.05) is 33.9 Å². The Labute approximate surface area is 185 Å². The molecule has 1 aromatic rings. The summed E-state index contributed by atoms with van der Waals surface area (Å²) < 4.78 is 24.2. The molecule has 10 heteroatoms. The van der Waals surface area contributed by atoms with E-state index < -0.39 is 29.2 Å². The van der Waals surface area contributed by atoms with Crippen molar-refractivity contribution in [3.05, 3.63) is 28.5 Å². The second-order valence-corrected chi connectivity index (χ2v) is 8.54. The first kappa shape index (κ1) is 23.3. The van der Waals surface area contributed by atoms with Crippen LogP contribution in [-0.2, 0) is 14.3 Å². The molecule has 2 heterocycles. The molecule has 4 amide bonds. The molecule has 0 radical (unpaired) electrons. The number of methoxy groups -OCH3 is 2. The van der Waals surface area contributed by atoms with E-state index in [9.17, 15) is 18.8 Å². The first-order valence-corrected chi connectivity index (χ1v) is 10.5. The Kier molecular flexibility index (Phi) is 7.06. The van der Waals surface area contributed by atoms with Gasteiger partial charge in [0.15, 0.2) is 0 Å². The summed E-state index contributed by atoms with van der Waals surface area (Å²) in [5, 5.41) is 4.87. The molecule has 8 nitrogen and oxygen atoms in total. The fourth-order valence-electron chi connectivity index (χ4n) is 4.45. The number of rotatable bonds is 7. The number of nitrogens with zero attached hydrogens (tertiary/aromatic N) is 1. The van der Waals surface area contributed by atoms with Crippen LogP contribution in [0.1, 0.15) is 37.7 Å². The number of piperidine rings is 1. The SMILES string of the molecule is COC[C@]1(CC(C)C(=O)N2CCC(c3cc(Cl)c(F)cc3OC)CC2)NC(=O)NC1=O. The van der Waals surface area contributed by atoms with Crippen LogP contribution in [0.15, 0.2) is 12.1 Å². The maximum absolute atomic E-state index is 13.7. The maximum atomic E-state index is 13.7. The highest BCUT2D eigenvalue weighted by molar-refractivity contribution is 6.30. The van der Waals surface area contributed by atoms with Crippen LogP contribution in [0.5, 0.6) is 5.75 Å². The second kappa shape index (κ2) is 9.40. The smallest absolute Gasteiger partial charge is 0.322 e. The lowest BCUT2D eigenvalue weighted by molar-refractivity contribution is -0.138. The zero-order chi connectivity index (χ0) is 22.8. The molecule has 0 saturated carbocycles. The largest absolute Gasteiger partial charge is 0.496 e. The van der Waals surface area contributed by atoms with E-state index in [0.717, 1.165) is 5.56 Å². The van der Waals surface area contributed by atoms with Crippen LogP contribution >= 0.6 is 11.6 Å². The topological polar surface area (TPSA) is 97.0 Å². The van der Waals surface area contributed by atoms with E-state index in [1.54, 1.807) is 17.9 Å². The van der Waals surface area contributed by atoms with Gasteiger partial charge in [-0.05, 0) is 36.8 Å². The number of likely N-dealkylation sites (tertiary alicyclic amines) is 1. The molecule has 2 atom stereocenters. The molecule has 2 fully saturated rings. The zero-order valence-electron chi connectivity index (χ0n) is 17.8. The number of amides is 4. The third kappa shape index (κ3) is 4.77. The van der Waals surface area contributed by atoms with E-state index in [-0.39, 0.29) is 29.9 Å². The molecule has 1 unspecified atom stereocenters. The van der Waals surface area contributed by atoms with E-state index in [2.05, 4.69) is 10.6 Å². The van der Waals surface area contributed by atoms with Crippen molar-refractivity contribution in [2.24, 2.45) is 5.92 Å². The van der Waals surface area contributed by atoms with Gasteiger partial charge in [0.2, 0.25) is 5.91 Å². The number of imide groups is 1. The number of urea groups is 1. The molecule has 31 heavy (non-hydrogen) atoms. The molecule has 3 rings (SSSR count). The summed E-state index contributed by atoms with van der Waals surface area (Å²) in [7, 11) is 2.92. The second-order valence-electron chi connectivity index (χ2n) is 8.14. The van der Waals surface area contributed by atoms with Crippen LogP contribution in [0.3, 0.4) is 0 Å². The molecule has 2 aliphatic heterocycles. The molecule has 0 spiro atoms. The van der Waals surface area contributed by atoms with Crippen molar-refractivity contribution in [3.8, 4) is 5.75 Å². The van der Waals surface area contributed by atoms with Crippen molar-refractivity contribution in [1.29, 1.82) is 0 Å². The van der Waals surface area contributed by atoms with Gasteiger partial charge in [-0.1, -0.05) is 18.5 Å². The number of nitrogens with one attached hydrogen (secondary N) is 2. The Balaban J connectivity index is 1.64. The Bertz CT molecular complexity index is 875. The Hall–Kier alpha value is -2.39. The summed E-state index contributed by atoms with van der Waals surface area (Å²) in [5.41, 5.74) is -0.421. The van der Waals surface area contributed by atoms with Gasteiger partial charge in [-0.3, -0.25) is 14.9 Å². The third-order valence-electron chi connectivity index (χ3n) is 6.00. The number of carbonyl (C=O) groups excluding carboxylic acids is 3. The van der Waals surface area contributed by atoms with Crippen molar-refractivity contribution in [2.45, 2.75) is 37.6 Å². The molecule has 2 N–H and O–H groups in total. The molecular formula is C21H27ClFN3O5. The van der Waals surface area contributed by atoms with E-state index in [4.69, 9.17) is 21.1 Å². The van der Waals surface area contributed by atoms with Crippen LogP contribution in [0, 0.1) is 11.7 Å². The van der Waals surface area contributed by atoms with Crippen LogP contribution in [0.2, 0.25) is 5.02 Å².